The Kier molecular flexibility index (Phi) is 4.60. The van der Waals surface area contributed by atoms with E-state index in [1.165, 1.54) is 15.8 Å². The van der Waals surface area contributed by atoms with Crippen LogP contribution in [0.3, 0.4) is 0 Å². The number of nitrogens with one attached hydrogen (secondary N) is 1. The van der Waals surface area contributed by atoms with E-state index in [1.807, 2.05) is 30.5 Å². The number of thiophene rings is 1. The van der Waals surface area contributed by atoms with Crippen molar-refractivity contribution in [1.29, 1.82) is 0 Å². The van der Waals surface area contributed by atoms with Crippen LogP contribution in [0.15, 0.2) is 54.0 Å². The third-order valence-electron chi connectivity index (χ3n) is 3.53. The van der Waals surface area contributed by atoms with Gasteiger partial charge in [0.2, 0.25) is 0 Å². The number of nitrogens with zero attached hydrogens (tertiary/aromatic N) is 1. The van der Waals surface area contributed by atoms with Crippen molar-refractivity contribution in [2.45, 2.75) is 19.0 Å². The molecule has 1 atom stereocenters. The molecule has 1 aromatic carbocycles. The van der Waals surface area contributed by atoms with Crippen molar-refractivity contribution >= 4 is 21.6 Å². The number of benzene rings is 1. The van der Waals surface area contributed by atoms with E-state index in [9.17, 15) is 5.11 Å². The Balaban J connectivity index is 1.71. The van der Waals surface area contributed by atoms with Gasteiger partial charge in [-0.1, -0.05) is 30.3 Å². The molecular formula is C17H18N2OS. The Bertz CT molecular complexity index is 696. The van der Waals surface area contributed by atoms with Gasteiger partial charge in [0.15, 0.2) is 0 Å². The molecule has 108 valence electrons. The highest BCUT2D eigenvalue weighted by Crippen LogP contribution is 2.21. The summed E-state index contributed by atoms with van der Waals surface area (Å²) in [5.74, 6) is 0. The van der Waals surface area contributed by atoms with Gasteiger partial charge in [-0.2, -0.15) is 0 Å². The lowest BCUT2D eigenvalue weighted by molar-refractivity contribution is 0.265. The van der Waals surface area contributed by atoms with Crippen LogP contribution in [0.25, 0.3) is 10.2 Å². The molecule has 0 bridgehead atoms. The van der Waals surface area contributed by atoms with E-state index < -0.39 is 0 Å². The summed E-state index contributed by atoms with van der Waals surface area (Å²) in [4.78, 5) is 4.46. The van der Waals surface area contributed by atoms with Gasteiger partial charge in [0.25, 0.3) is 0 Å². The maximum atomic E-state index is 9.26. The highest BCUT2D eigenvalue weighted by atomic mass is 32.1. The van der Waals surface area contributed by atoms with E-state index in [-0.39, 0.29) is 12.6 Å². The van der Waals surface area contributed by atoms with Crippen LogP contribution in [0.5, 0.6) is 0 Å². The number of hydrogen-bond acceptors (Lipinski definition) is 4. The number of aromatic nitrogens is 1. The number of rotatable bonds is 6. The fourth-order valence-corrected chi connectivity index (χ4v) is 3.23. The van der Waals surface area contributed by atoms with Gasteiger partial charge in [-0.25, -0.2) is 0 Å². The molecule has 0 fully saturated rings. The number of aliphatic hydroxyl groups is 1. The number of fused-ring (bicyclic) bond motifs is 1. The van der Waals surface area contributed by atoms with E-state index in [0.717, 1.165) is 12.1 Å². The summed E-state index contributed by atoms with van der Waals surface area (Å²) in [7, 11) is 0. The molecule has 2 N–H and O–H groups in total. The van der Waals surface area contributed by atoms with Crippen LogP contribution in [-0.4, -0.2) is 16.7 Å². The van der Waals surface area contributed by atoms with Crippen LogP contribution in [0, 0.1) is 0 Å². The molecule has 0 saturated heterocycles. The molecular weight excluding hydrogens is 280 g/mol. The van der Waals surface area contributed by atoms with Crippen molar-refractivity contribution in [3.05, 3.63) is 65.2 Å². The van der Waals surface area contributed by atoms with E-state index >= 15 is 0 Å². The zero-order valence-corrected chi connectivity index (χ0v) is 12.5. The lowest BCUT2D eigenvalue weighted by Crippen LogP contribution is -2.22. The smallest absolute Gasteiger partial charge is 0.0809 e. The lowest BCUT2D eigenvalue weighted by atomic mass is 10.0. The second-order valence-corrected chi connectivity index (χ2v) is 5.95. The number of aliphatic hydroxyl groups excluding tert-OH is 1. The predicted octanol–water partition coefficient (Wildman–Crippen LogP) is 3.51. The minimum absolute atomic E-state index is 0.162. The highest BCUT2D eigenvalue weighted by molar-refractivity contribution is 7.17. The normalized spacial score (nSPS) is 12.6. The van der Waals surface area contributed by atoms with Gasteiger partial charge < -0.3 is 10.4 Å². The van der Waals surface area contributed by atoms with Gasteiger partial charge in [0, 0.05) is 25.4 Å². The zero-order valence-electron chi connectivity index (χ0n) is 11.7. The van der Waals surface area contributed by atoms with Gasteiger partial charge >= 0.3 is 0 Å². The SMILES string of the molecule is OCC[C@@H](NCc1cnc2ccsc2c1)c1ccccc1. The predicted molar refractivity (Wildman–Crippen MR) is 87.3 cm³/mol. The van der Waals surface area contributed by atoms with Crippen molar-refractivity contribution in [1.82, 2.24) is 10.3 Å². The second kappa shape index (κ2) is 6.80. The summed E-state index contributed by atoms with van der Waals surface area (Å²) >= 11 is 1.71. The quantitative estimate of drug-likeness (QED) is 0.732. The number of hydrogen-bond donors (Lipinski definition) is 2. The summed E-state index contributed by atoms with van der Waals surface area (Å²) in [6.07, 6.45) is 2.63. The summed E-state index contributed by atoms with van der Waals surface area (Å²) in [6.45, 7) is 0.926. The third kappa shape index (κ3) is 3.47. The van der Waals surface area contributed by atoms with Crippen molar-refractivity contribution in [3.63, 3.8) is 0 Å². The first-order chi connectivity index (χ1) is 10.4. The molecule has 0 spiro atoms. The molecule has 0 aliphatic rings. The summed E-state index contributed by atoms with van der Waals surface area (Å²) in [6, 6.07) is 14.6. The summed E-state index contributed by atoms with van der Waals surface area (Å²) < 4.78 is 1.22. The van der Waals surface area contributed by atoms with Crippen molar-refractivity contribution in [3.8, 4) is 0 Å². The highest BCUT2D eigenvalue weighted by Gasteiger charge is 2.10. The Hall–Kier alpha value is -1.75. The minimum atomic E-state index is 0.162. The first-order valence-corrected chi connectivity index (χ1v) is 7.96. The average molecular weight is 298 g/mol. The van der Waals surface area contributed by atoms with Gasteiger partial charge in [-0.05, 0) is 35.1 Å². The molecule has 2 heterocycles. The minimum Gasteiger partial charge on any atom is -0.396 e. The van der Waals surface area contributed by atoms with Crippen LogP contribution in [0.2, 0.25) is 0 Å². The molecule has 21 heavy (non-hydrogen) atoms. The Morgan fingerprint density at radius 1 is 1.19 bits per heavy atom. The summed E-state index contributed by atoms with van der Waals surface area (Å²) in [5, 5.41) is 14.8. The van der Waals surface area contributed by atoms with Crippen LogP contribution in [-0.2, 0) is 6.54 Å². The largest absolute Gasteiger partial charge is 0.396 e. The third-order valence-corrected chi connectivity index (χ3v) is 4.38. The van der Waals surface area contributed by atoms with E-state index in [0.29, 0.717) is 6.42 Å². The van der Waals surface area contributed by atoms with Gasteiger partial charge in [-0.15, -0.1) is 11.3 Å². The monoisotopic (exact) mass is 298 g/mol. The molecule has 0 amide bonds. The Morgan fingerprint density at radius 3 is 2.86 bits per heavy atom. The average Bonchev–Trinajstić information content (AvgIpc) is 3.00. The van der Waals surface area contributed by atoms with Crippen LogP contribution >= 0.6 is 11.3 Å². The summed E-state index contributed by atoms with van der Waals surface area (Å²) in [5.41, 5.74) is 3.43. The van der Waals surface area contributed by atoms with Crippen molar-refractivity contribution in [2.75, 3.05) is 6.61 Å². The molecule has 3 rings (SSSR count). The molecule has 0 aliphatic carbocycles. The fourth-order valence-electron chi connectivity index (χ4n) is 2.43. The Labute approximate surface area is 128 Å². The maximum absolute atomic E-state index is 9.26. The lowest BCUT2D eigenvalue weighted by Gasteiger charge is -2.18. The standard InChI is InChI=1S/C17H18N2OS/c20-8-6-15(14-4-2-1-3-5-14)18-11-13-10-17-16(19-12-13)7-9-21-17/h1-5,7,9-10,12,15,18,20H,6,8,11H2/t15-/m1/s1. The molecule has 2 aromatic heterocycles. The van der Waals surface area contributed by atoms with Gasteiger partial charge in [0.1, 0.15) is 0 Å². The molecule has 4 heteroatoms. The molecule has 3 aromatic rings. The molecule has 0 unspecified atom stereocenters. The first kappa shape index (κ1) is 14.2. The molecule has 0 aliphatic heterocycles. The molecule has 0 saturated carbocycles. The fraction of sp³-hybridized carbons (Fsp3) is 0.235. The van der Waals surface area contributed by atoms with Crippen molar-refractivity contribution < 1.29 is 5.11 Å². The van der Waals surface area contributed by atoms with Crippen LogP contribution in [0.1, 0.15) is 23.6 Å². The van der Waals surface area contributed by atoms with E-state index in [1.54, 1.807) is 11.3 Å². The Morgan fingerprint density at radius 2 is 2.05 bits per heavy atom. The molecule has 3 nitrogen and oxygen atoms in total. The second-order valence-electron chi connectivity index (χ2n) is 5.00. The molecule has 0 radical (unpaired) electrons. The van der Waals surface area contributed by atoms with E-state index in [2.05, 4.69) is 33.9 Å². The van der Waals surface area contributed by atoms with E-state index in [4.69, 9.17) is 0 Å². The van der Waals surface area contributed by atoms with Gasteiger partial charge in [0.05, 0.1) is 10.2 Å². The van der Waals surface area contributed by atoms with Crippen molar-refractivity contribution in [2.24, 2.45) is 0 Å². The van der Waals surface area contributed by atoms with Crippen LogP contribution < -0.4 is 5.32 Å². The van der Waals surface area contributed by atoms with Crippen LogP contribution in [0.4, 0.5) is 0 Å². The maximum Gasteiger partial charge on any atom is 0.0809 e. The topological polar surface area (TPSA) is 45.1 Å². The van der Waals surface area contributed by atoms with Gasteiger partial charge in [-0.3, -0.25) is 4.98 Å². The first-order valence-electron chi connectivity index (χ1n) is 7.08. The zero-order chi connectivity index (χ0) is 14.5. The number of pyridine rings is 1.